The van der Waals surface area contributed by atoms with Crippen LogP contribution >= 0.6 is 0 Å². The Labute approximate surface area is 111 Å². The largest absolute Gasteiger partial charge is 0.509 e. The highest BCUT2D eigenvalue weighted by molar-refractivity contribution is 6.45. The van der Waals surface area contributed by atoms with Crippen LogP contribution in [0.4, 0.5) is 0 Å². The number of aliphatic hydroxyl groups excluding tert-OH is 2. The van der Waals surface area contributed by atoms with E-state index in [9.17, 15) is 29.4 Å². The van der Waals surface area contributed by atoms with Gasteiger partial charge < -0.3 is 15.5 Å². The summed E-state index contributed by atoms with van der Waals surface area (Å²) in [6.45, 7) is 0. The normalized spacial score (nSPS) is 25.6. The highest BCUT2D eigenvalue weighted by Crippen LogP contribution is 2.09. The van der Waals surface area contributed by atoms with Gasteiger partial charge in [0, 0.05) is 0 Å². The third kappa shape index (κ3) is 2.64. The van der Waals surface area contributed by atoms with Gasteiger partial charge in [-0.25, -0.2) is 0 Å². The zero-order valence-corrected chi connectivity index (χ0v) is 9.97. The molecule has 2 rings (SSSR count). The van der Waals surface area contributed by atoms with E-state index in [1.165, 1.54) is 0 Å². The number of rotatable bonds is 2. The molecular weight excluding hydrogens is 272 g/mol. The van der Waals surface area contributed by atoms with Crippen LogP contribution in [0.25, 0.3) is 0 Å². The highest BCUT2D eigenvalue weighted by Gasteiger charge is 2.31. The van der Waals surface area contributed by atoms with Crippen LogP contribution in [0.1, 0.15) is 12.8 Å². The molecule has 20 heavy (non-hydrogen) atoms. The molecule has 1 atom stereocenters. The Kier molecular flexibility index (Phi) is 3.48. The van der Waals surface area contributed by atoms with Crippen molar-refractivity contribution in [2.75, 3.05) is 0 Å². The standard InChI is InChI=1S/C10H10N4O6/c15-3-1-5(17)11-9(19)7(3)13-14-8-4(16)2-6(18)12-10(8)20/h9,14,16,19H,1-2H2,(H,11,17)(H,12,18,20). The number of hydrazone groups is 1. The lowest BCUT2D eigenvalue weighted by atomic mass is 10.1. The van der Waals surface area contributed by atoms with Crippen LogP contribution < -0.4 is 16.1 Å². The van der Waals surface area contributed by atoms with Crippen LogP contribution in [0, 0.1) is 0 Å². The van der Waals surface area contributed by atoms with Crippen molar-refractivity contribution in [3.63, 3.8) is 0 Å². The van der Waals surface area contributed by atoms with Crippen molar-refractivity contribution in [1.82, 2.24) is 16.1 Å². The van der Waals surface area contributed by atoms with Gasteiger partial charge >= 0.3 is 0 Å². The Morgan fingerprint density at radius 3 is 2.45 bits per heavy atom. The maximum Gasteiger partial charge on any atom is 0.279 e. The fourth-order valence-electron chi connectivity index (χ4n) is 1.62. The minimum atomic E-state index is -1.60. The summed E-state index contributed by atoms with van der Waals surface area (Å²) >= 11 is 0. The Balaban J connectivity index is 2.18. The summed E-state index contributed by atoms with van der Waals surface area (Å²) in [6.07, 6.45) is -2.49. The second-order valence-corrected chi connectivity index (χ2v) is 4.05. The van der Waals surface area contributed by atoms with Gasteiger partial charge in [0.05, 0.1) is 12.8 Å². The molecule has 10 heteroatoms. The van der Waals surface area contributed by atoms with Crippen LogP contribution in [0.3, 0.4) is 0 Å². The molecule has 0 aromatic heterocycles. The molecular formula is C10H10N4O6. The number of nitrogens with one attached hydrogen (secondary N) is 3. The van der Waals surface area contributed by atoms with Gasteiger partial charge in [-0.3, -0.25) is 29.9 Å². The quantitative estimate of drug-likeness (QED) is 0.207. The van der Waals surface area contributed by atoms with E-state index >= 15 is 0 Å². The van der Waals surface area contributed by atoms with Crippen LogP contribution in [0.5, 0.6) is 0 Å². The van der Waals surface area contributed by atoms with E-state index < -0.39 is 59.7 Å². The number of nitrogens with zero attached hydrogens (tertiary/aromatic N) is 1. The number of ketones is 1. The summed E-state index contributed by atoms with van der Waals surface area (Å²) in [7, 11) is 0. The predicted octanol–water partition coefficient (Wildman–Crippen LogP) is -2.84. The molecule has 0 aliphatic carbocycles. The first-order chi connectivity index (χ1) is 9.38. The zero-order valence-electron chi connectivity index (χ0n) is 9.97. The van der Waals surface area contributed by atoms with E-state index in [0.29, 0.717) is 0 Å². The monoisotopic (exact) mass is 282 g/mol. The maximum atomic E-state index is 11.5. The maximum absolute atomic E-state index is 11.5. The van der Waals surface area contributed by atoms with Crippen molar-refractivity contribution < 1.29 is 29.4 Å². The fraction of sp³-hybridized carbons (Fsp3) is 0.300. The summed E-state index contributed by atoms with van der Waals surface area (Å²) in [5.74, 6) is -3.49. The summed E-state index contributed by atoms with van der Waals surface area (Å²) in [5.41, 5.74) is 1.29. The van der Waals surface area contributed by atoms with Gasteiger partial charge in [0.15, 0.2) is 23.4 Å². The van der Waals surface area contributed by atoms with Gasteiger partial charge in [0.25, 0.3) is 5.91 Å². The SMILES string of the molecule is O=C1CC(O)=C(NN=C2C(=O)CC(=O)NC2O)C(=O)N1. The molecule has 1 saturated heterocycles. The lowest BCUT2D eigenvalue weighted by molar-refractivity contribution is -0.131. The smallest absolute Gasteiger partial charge is 0.279 e. The van der Waals surface area contributed by atoms with Crippen LogP contribution in [0.15, 0.2) is 16.6 Å². The first kappa shape index (κ1) is 13.7. The first-order valence-corrected chi connectivity index (χ1v) is 5.49. The topological polar surface area (TPSA) is 157 Å². The molecule has 1 unspecified atom stereocenters. The number of aliphatic hydroxyl groups is 2. The molecule has 0 bridgehead atoms. The molecule has 106 valence electrons. The van der Waals surface area contributed by atoms with Crippen molar-refractivity contribution in [2.24, 2.45) is 5.10 Å². The second kappa shape index (κ2) is 5.09. The average molecular weight is 282 g/mol. The third-order valence-electron chi connectivity index (χ3n) is 2.55. The second-order valence-electron chi connectivity index (χ2n) is 4.05. The molecule has 5 N–H and O–H groups in total. The molecule has 2 heterocycles. The number of piperidine rings is 1. The number of imide groups is 1. The summed E-state index contributed by atoms with van der Waals surface area (Å²) in [4.78, 5) is 44.8. The van der Waals surface area contributed by atoms with E-state index in [4.69, 9.17) is 0 Å². The van der Waals surface area contributed by atoms with Crippen molar-refractivity contribution in [2.45, 2.75) is 19.1 Å². The summed E-state index contributed by atoms with van der Waals surface area (Å²) in [6, 6.07) is 0. The lowest BCUT2D eigenvalue weighted by Crippen LogP contribution is -2.51. The van der Waals surface area contributed by atoms with E-state index in [0.717, 1.165) is 0 Å². The van der Waals surface area contributed by atoms with Gasteiger partial charge in [0.2, 0.25) is 11.8 Å². The van der Waals surface area contributed by atoms with Gasteiger partial charge in [-0.1, -0.05) is 0 Å². The highest BCUT2D eigenvalue weighted by atomic mass is 16.3. The third-order valence-corrected chi connectivity index (χ3v) is 2.55. The van der Waals surface area contributed by atoms with Crippen molar-refractivity contribution in [3.8, 4) is 0 Å². The first-order valence-electron chi connectivity index (χ1n) is 5.49. The Morgan fingerprint density at radius 1 is 1.15 bits per heavy atom. The molecule has 2 aliphatic rings. The van der Waals surface area contributed by atoms with E-state index in [1.807, 2.05) is 5.32 Å². The number of carbonyl (C=O) groups excluding carboxylic acids is 4. The van der Waals surface area contributed by atoms with Crippen molar-refractivity contribution in [1.29, 1.82) is 0 Å². The molecule has 0 radical (unpaired) electrons. The molecule has 1 fully saturated rings. The van der Waals surface area contributed by atoms with Gasteiger partial charge in [-0.15, -0.1) is 0 Å². The summed E-state index contributed by atoms with van der Waals surface area (Å²) in [5, 5.41) is 26.4. The number of Topliss-reactive ketones (excluding diaryl/α,β-unsaturated/α-hetero) is 1. The van der Waals surface area contributed by atoms with E-state index in [1.54, 1.807) is 0 Å². The molecule has 3 amide bonds. The lowest BCUT2D eigenvalue weighted by Gasteiger charge is -2.20. The molecule has 2 aliphatic heterocycles. The molecule has 0 saturated carbocycles. The van der Waals surface area contributed by atoms with Gasteiger partial charge in [-0.05, 0) is 0 Å². The van der Waals surface area contributed by atoms with Crippen LogP contribution in [-0.2, 0) is 19.2 Å². The van der Waals surface area contributed by atoms with Crippen molar-refractivity contribution in [3.05, 3.63) is 11.5 Å². The van der Waals surface area contributed by atoms with E-state index in [-0.39, 0.29) is 0 Å². The number of hydrogen-bond donors (Lipinski definition) is 5. The fourth-order valence-corrected chi connectivity index (χ4v) is 1.62. The predicted molar refractivity (Wildman–Crippen MR) is 61.8 cm³/mol. The number of amides is 3. The van der Waals surface area contributed by atoms with Crippen LogP contribution in [0.2, 0.25) is 0 Å². The van der Waals surface area contributed by atoms with Gasteiger partial charge in [0.1, 0.15) is 5.76 Å². The van der Waals surface area contributed by atoms with E-state index in [2.05, 4.69) is 15.8 Å². The average Bonchev–Trinajstić information content (AvgIpc) is 2.30. The Hall–Kier alpha value is -2.75. The number of hydrogen-bond acceptors (Lipinski definition) is 8. The summed E-state index contributed by atoms with van der Waals surface area (Å²) < 4.78 is 0. The minimum Gasteiger partial charge on any atom is -0.509 e. The zero-order chi connectivity index (χ0) is 14.9. The van der Waals surface area contributed by atoms with Crippen molar-refractivity contribution >= 4 is 29.2 Å². The van der Waals surface area contributed by atoms with Gasteiger partial charge in [-0.2, -0.15) is 5.10 Å². The molecule has 0 aromatic rings. The Morgan fingerprint density at radius 2 is 1.85 bits per heavy atom. The number of carbonyl (C=O) groups is 4. The van der Waals surface area contributed by atoms with Crippen LogP contribution in [-0.4, -0.2) is 45.7 Å². The molecule has 0 aromatic carbocycles. The molecule has 10 nitrogen and oxygen atoms in total. The Bertz CT molecular complexity index is 578. The minimum absolute atomic E-state index is 0.408. The molecule has 0 spiro atoms.